The first-order chi connectivity index (χ1) is 12.5. The van der Waals surface area contributed by atoms with E-state index in [9.17, 15) is 19.5 Å². The zero-order chi connectivity index (χ0) is 18.9. The molecule has 0 fully saturated rings. The fourth-order valence-corrected chi connectivity index (χ4v) is 1.92. The minimum Gasteiger partial charge on any atom is -0.507 e. The second-order valence-electron chi connectivity index (χ2n) is 5.07. The number of alkyl carbamates (subject to hydrolysis) is 1. The summed E-state index contributed by atoms with van der Waals surface area (Å²) in [6, 6.07) is 12.9. The van der Waals surface area contributed by atoms with Crippen LogP contribution in [-0.2, 0) is 20.9 Å². The molecule has 0 heterocycles. The fraction of sp³-hybridized carbons (Fsp3) is 0.167. The maximum absolute atomic E-state index is 11.9. The maximum atomic E-state index is 11.9. The Morgan fingerprint density at radius 1 is 1.04 bits per heavy atom. The summed E-state index contributed by atoms with van der Waals surface area (Å²) in [5.74, 6) is -1.78. The van der Waals surface area contributed by atoms with Crippen molar-refractivity contribution in [1.82, 2.24) is 5.32 Å². The van der Waals surface area contributed by atoms with Gasteiger partial charge in [-0.2, -0.15) is 0 Å². The van der Waals surface area contributed by atoms with Crippen LogP contribution in [0.25, 0.3) is 0 Å². The van der Waals surface area contributed by atoms with Crippen molar-refractivity contribution in [1.29, 1.82) is 0 Å². The number of carbonyl (C=O) groups is 3. The van der Waals surface area contributed by atoms with Crippen LogP contribution in [0.15, 0.2) is 48.5 Å². The first-order valence-electron chi connectivity index (χ1n) is 7.54. The van der Waals surface area contributed by atoms with Gasteiger partial charge in [-0.15, -0.1) is 0 Å². The number of carbonyl (C=O) groups excluding carboxylic acids is 3. The van der Waals surface area contributed by atoms with Crippen LogP contribution < -0.4 is 10.1 Å². The van der Waals surface area contributed by atoms with Gasteiger partial charge in [0.25, 0.3) is 5.91 Å². The van der Waals surface area contributed by atoms with Crippen molar-refractivity contribution in [3.05, 3.63) is 59.7 Å². The summed E-state index contributed by atoms with van der Waals surface area (Å²) >= 11 is 0. The minimum absolute atomic E-state index is 0.00256. The predicted molar refractivity (Wildman–Crippen MR) is 89.7 cm³/mol. The van der Waals surface area contributed by atoms with Crippen molar-refractivity contribution >= 4 is 18.0 Å². The van der Waals surface area contributed by atoms with E-state index >= 15 is 0 Å². The number of rotatable bonds is 6. The Kier molecular flexibility index (Phi) is 6.55. The van der Waals surface area contributed by atoms with E-state index in [4.69, 9.17) is 14.2 Å². The number of benzene rings is 2. The van der Waals surface area contributed by atoms with Crippen molar-refractivity contribution in [2.45, 2.75) is 6.61 Å². The molecular weight excluding hydrogens is 342 g/mol. The maximum Gasteiger partial charge on any atom is 0.414 e. The number of phenolic OH excluding ortho intramolecular Hbond substituents is 1. The largest absolute Gasteiger partial charge is 0.507 e. The fourth-order valence-electron chi connectivity index (χ4n) is 1.92. The number of amides is 2. The summed E-state index contributed by atoms with van der Waals surface area (Å²) in [6.45, 7) is -0.715. The molecule has 26 heavy (non-hydrogen) atoms. The molecule has 136 valence electrons. The summed E-state index contributed by atoms with van der Waals surface area (Å²) in [4.78, 5) is 35.1. The molecule has 0 aliphatic carbocycles. The van der Waals surface area contributed by atoms with Crippen LogP contribution in [0.2, 0.25) is 0 Å². The Hall–Kier alpha value is -3.55. The molecule has 0 saturated heterocycles. The topological polar surface area (TPSA) is 111 Å². The lowest BCUT2D eigenvalue weighted by Crippen LogP contribution is -2.34. The monoisotopic (exact) mass is 359 g/mol. The summed E-state index contributed by atoms with van der Waals surface area (Å²) in [5.41, 5.74) is 0.596. The lowest BCUT2D eigenvalue weighted by molar-refractivity contribution is -0.123. The van der Waals surface area contributed by atoms with Crippen molar-refractivity contribution in [3.63, 3.8) is 0 Å². The van der Waals surface area contributed by atoms with Crippen LogP contribution in [0.4, 0.5) is 4.79 Å². The van der Waals surface area contributed by atoms with Crippen molar-refractivity contribution in [2.75, 3.05) is 13.7 Å². The molecule has 0 aliphatic rings. The summed E-state index contributed by atoms with van der Waals surface area (Å²) < 4.78 is 14.6. The van der Waals surface area contributed by atoms with E-state index in [0.29, 0.717) is 5.75 Å². The number of aromatic hydroxyl groups is 1. The number of ether oxygens (including phenoxy) is 3. The smallest absolute Gasteiger partial charge is 0.414 e. The van der Waals surface area contributed by atoms with E-state index in [1.807, 2.05) is 11.4 Å². The van der Waals surface area contributed by atoms with Gasteiger partial charge < -0.3 is 19.3 Å². The molecule has 2 aromatic rings. The standard InChI is InChI=1S/C18H17NO7/c1-24-13-7-8-15(20)14(9-13)17(22)25-11-16(21)19-18(23)26-10-12-5-3-2-4-6-12/h2-9,20H,10-11H2,1H3,(H,19,21,23). The van der Waals surface area contributed by atoms with Gasteiger partial charge in [-0.25, -0.2) is 9.59 Å². The molecular formula is C18H17NO7. The van der Waals surface area contributed by atoms with Crippen LogP contribution in [-0.4, -0.2) is 36.8 Å². The minimum atomic E-state index is -0.959. The quantitative estimate of drug-likeness (QED) is 0.759. The van der Waals surface area contributed by atoms with Gasteiger partial charge in [-0.3, -0.25) is 10.1 Å². The van der Waals surface area contributed by atoms with E-state index < -0.39 is 24.6 Å². The Morgan fingerprint density at radius 3 is 2.46 bits per heavy atom. The van der Waals surface area contributed by atoms with Gasteiger partial charge >= 0.3 is 12.1 Å². The van der Waals surface area contributed by atoms with Crippen LogP contribution >= 0.6 is 0 Å². The number of esters is 1. The average Bonchev–Trinajstić information content (AvgIpc) is 2.65. The van der Waals surface area contributed by atoms with Gasteiger partial charge in [0.2, 0.25) is 0 Å². The summed E-state index contributed by atoms with van der Waals surface area (Å²) in [7, 11) is 1.40. The second kappa shape index (κ2) is 9.07. The summed E-state index contributed by atoms with van der Waals surface area (Å²) in [6.07, 6.45) is -0.959. The number of phenols is 1. The van der Waals surface area contributed by atoms with E-state index in [0.717, 1.165) is 5.56 Å². The van der Waals surface area contributed by atoms with Gasteiger partial charge in [-0.05, 0) is 23.8 Å². The lowest BCUT2D eigenvalue weighted by Gasteiger charge is -2.08. The van der Waals surface area contributed by atoms with Gasteiger partial charge in [-0.1, -0.05) is 30.3 Å². The van der Waals surface area contributed by atoms with Crippen LogP contribution in [0.1, 0.15) is 15.9 Å². The third-order valence-electron chi connectivity index (χ3n) is 3.21. The Bertz CT molecular complexity index is 789. The molecule has 2 aromatic carbocycles. The molecule has 0 spiro atoms. The molecule has 0 atom stereocenters. The zero-order valence-electron chi connectivity index (χ0n) is 13.9. The molecule has 0 unspecified atom stereocenters. The second-order valence-corrected chi connectivity index (χ2v) is 5.07. The van der Waals surface area contributed by atoms with Crippen molar-refractivity contribution in [3.8, 4) is 11.5 Å². The Labute approximate surface area is 149 Å². The molecule has 8 nitrogen and oxygen atoms in total. The lowest BCUT2D eigenvalue weighted by atomic mass is 10.2. The highest BCUT2D eigenvalue weighted by molar-refractivity contribution is 5.96. The molecule has 2 N–H and O–H groups in total. The molecule has 2 rings (SSSR count). The van der Waals surface area contributed by atoms with Crippen LogP contribution in [0, 0.1) is 0 Å². The third kappa shape index (κ3) is 5.52. The highest BCUT2D eigenvalue weighted by atomic mass is 16.6. The SMILES string of the molecule is COc1ccc(O)c(C(=O)OCC(=O)NC(=O)OCc2ccccc2)c1. The number of nitrogens with one attached hydrogen (secondary N) is 1. The zero-order valence-corrected chi connectivity index (χ0v) is 13.9. The molecule has 0 bridgehead atoms. The first kappa shape index (κ1) is 18.8. The van der Waals surface area contributed by atoms with Crippen molar-refractivity contribution in [2.24, 2.45) is 0 Å². The first-order valence-corrected chi connectivity index (χ1v) is 7.54. The van der Waals surface area contributed by atoms with Gasteiger partial charge in [0.05, 0.1) is 7.11 Å². The highest BCUT2D eigenvalue weighted by Gasteiger charge is 2.17. The number of hydrogen-bond acceptors (Lipinski definition) is 7. The van der Waals surface area contributed by atoms with Gasteiger partial charge in [0.1, 0.15) is 23.7 Å². The average molecular weight is 359 g/mol. The Morgan fingerprint density at radius 2 is 1.77 bits per heavy atom. The molecule has 0 aromatic heterocycles. The normalized spacial score (nSPS) is 9.88. The number of methoxy groups -OCH3 is 1. The van der Waals surface area contributed by atoms with Crippen molar-refractivity contribution < 1.29 is 33.7 Å². The molecule has 0 aliphatic heterocycles. The molecule has 2 amide bonds. The predicted octanol–water partition coefficient (Wildman–Crippen LogP) is 2.01. The van der Waals surface area contributed by atoms with Gasteiger partial charge in [0, 0.05) is 0 Å². The van der Waals surface area contributed by atoms with E-state index in [2.05, 4.69) is 0 Å². The third-order valence-corrected chi connectivity index (χ3v) is 3.21. The highest BCUT2D eigenvalue weighted by Crippen LogP contribution is 2.23. The Balaban J connectivity index is 1.79. The number of hydrogen-bond donors (Lipinski definition) is 2. The molecule has 0 radical (unpaired) electrons. The molecule has 8 heteroatoms. The van der Waals surface area contributed by atoms with E-state index in [1.54, 1.807) is 24.3 Å². The van der Waals surface area contributed by atoms with Gasteiger partial charge in [0.15, 0.2) is 6.61 Å². The summed E-state index contributed by atoms with van der Waals surface area (Å²) in [5, 5.41) is 11.6. The van der Waals surface area contributed by atoms with E-state index in [-0.39, 0.29) is 17.9 Å². The molecule has 0 saturated carbocycles. The number of imide groups is 1. The van der Waals surface area contributed by atoms with Crippen LogP contribution in [0.5, 0.6) is 11.5 Å². The van der Waals surface area contributed by atoms with E-state index in [1.165, 1.54) is 25.3 Å². The van der Waals surface area contributed by atoms with Crippen LogP contribution in [0.3, 0.4) is 0 Å².